The molecular weight excluding hydrogens is 413 g/mol. The molecule has 0 spiro atoms. The van der Waals surface area contributed by atoms with Crippen molar-refractivity contribution in [3.05, 3.63) is 59.4 Å². The van der Waals surface area contributed by atoms with Gasteiger partial charge in [0.25, 0.3) is 0 Å². The van der Waals surface area contributed by atoms with Crippen molar-refractivity contribution in [1.29, 1.82) is 0 Å². The third-order valence-corrected chi connectivity index (χ3v) is 5.40. The SMILES string of the molecule is Cc1c(N2CCN(Cc3cccc(OC(F)(F)F)c3)CC2)ccc2oc(C(=O)O)cc12. The zero-order valence-corrected chi connectivity index (χ0v) is 16.8. The quantitative estimate of drug-likeness (QED) is 0.630. The van der Waals surface area contributed by atoms with Crippen LogP contribution in [-0.2, 0) is 6.54 Å². The van der Waals surface area contributed by atoms with Gasteiger partial charge in [-0.05, 0) is 48.4 Å². The highest BCUT2D eigenvalue weighted by Crippen LogP contribution is 2.31. The lowest BCUT2D eigenvalue weighted by atomic mass is 10.1. The van der Waals surface area contributed by atoms with Gasteiger partial charge in [-0.25, -0.2) is 4.79 Å². The summed E-state index contributed by atoms with van der Waals surface area (Å²) in [7, 11) is 0. The van der Waals surface area contributed by atoms with E-state index in [2.05, 4.69) is 14.5 Å². The molecule has 1 saturated heterocycles. The summed E-state index contributed by atoms with van der Waals surface area (Å²) in [5.74, 6) is -1.40. The smallest absolute Gasteiger partial charge is 0.475 e. The average Bonchev–Trinajstić information content (AvgIpc) is 3.14. The zero-order chi connectivity index (χ0) is 22.2. The predicted molar refractivity (Wildman–Crippen MR) is 109 cm³/mol. The van der Waals surface area contributed by atoms with Gasteiger partial charge < -0.3 is 19.2 Å². The lowest BCUT2D eigenvalue weighted by Crippen LogP contribution is -2.46. The fourth-order valence-corrected chi connectivity index (χ4v) is 3.93. The van der Waals surface area contributed by atoms with Crippen molar-refractivity contribution in [1.82, 2.24) is 4.90 Å². The van der Waals surface area contributed by atoms with Gasteiger partial charge in [0, 0.05) is 43.8 Å². The highest BCUT2D eigenvalue weighted by atomic mass is 19.4. The summed E-state index contributed by atoms with van der Waals surface area (Å²) in [6.07, 6.45) is -4.70. The maximum atomic E-state index is 12.4. The molecule has 3 aromatic rings. The summed E-state index contributed by atoms with van der Waals surface area (Å²) < 4.78 is 46.7. The van der Waals surface area contributed by atoms with Crippen LogP contribution in [0.1, 0.15) is 21.7 Å². The lowest BCUT2D eigenvalue weighted by molar-refractivity contribution is -0.274. The number of carbonyl (C=O) groups is 1. The second kappa shape index (κ2) is 8.14. The predicted octanol–water partition coefficient (Wildman–Crippen LogP) is 4.66. The Morgan fingerprint density at radius 1 is 1.13 bits per heavy atom. The molecule has 0 atom stereocenters. The van der Waals surface area contributed by atoms with Gasteiger partial charge in [-0.1, -0.05) is 12.1 Å². The molecule has 0 radical (unpaired) electrons. The van der Waals surface area contributed by atoms with Crippen molar-refractivity contribution in [3.8, 4) is 5.75 Å². The number of carboxylic acid groups (broad SMARTS) is 1. The summed E-state index contributed by atoms with van der Waals surface area (Å²) in [6, 6.07) is 11.3. The van der Waals surface area contributed by atoms with E-state index in [9.17, 15) is 18.0 Å². The van der Waals surface area contributed by atoms with E-state index in [-0.39, 0.29) is 11.5 Å². The molecule has 1 N–H and O–H groups in total. The number of ether oxygens (including phenoxy) is 1. The number of alkyl halides is 3. The number of nitrogens with zero attached hydrogens (tertiary/aromatic N) is 2. The monoisotopic (exact) mass is 434 g/mol. The van der Waals surface area contributed by atoms with Crippen LogP contribution in [0.2, 0.25) is 0 Å². The maximum Gasteiger partial charge on any atom is 0.573 e. The molecule has 31 heavy (non-hydrogen) atoms. The minimum absolute atomic E-state index is 0.0863. The van der Waals surface area contributed by atoms with Crippen LogP contribution in [-0.4, -0.2) is 48.5 Å². The Labute approximate surface area is 176 Å². The molecule has 1 aromatic heterocycles. The van der Waals surface area contributed by atoms with Gasteiger partial charge in [0.1, 0.15) is 11.3 Å². The molecule has 9 heteroatoms. The minimum Gasteiger partial charge on any atom is -0.475 e. The minimum atomic E-state index is -4.70. The first kappa shape index (κ1) is 21.0. The zero-order valence-electron chi connectivity index (χ0n) is 16.8. The highest BCUT2D eigenvalue weighted by Gasteiger charge is 2.31. The molecule has 164 valence electrons. The summed E-state index contributed by atoms with van der Waals surface area (Å²) in [5, 5.41) is 9.92. The van der Waals surface area contributed by atoms with Crippen molar-refractivity contribution in [2.24, 2.45) is 0 Å². The lowest BCUT2D eigenvalue weighted by Gasteiger charge is -2.37. The number of aryl methyl sites for hydroxylation is 1. The number of piperazine rings is 1. The molecule has 0 amide bonds. The van der Waals surface area contributed by atoms with E-state index < -0.39 is 12.3 Å². The molecule has 2 heterocycles. The van der Waals surface area contributed by atoms with Crippen molar-refractivity contribution >= 4 is 22.6 Å². The highest BCUT2D eigenvalue weighted by molar-refractivity contribution is 5.94. The van der Waals surface area contributed by atoms with Crippen LogP contribution in [0.3, 0.4) is 0 Å². The number of benzene rings is 2. The summed E-state index contributed by atoms with van der Waals surface area (Å²) in [5.41, 5.74) is 3.27. The Morgan fingerprint density at radius 3 is 2.55 bits per heavy atom. The van der Waals surface area contributed by atoms with Crippen LogP contribution in [0.4, 0.5) is 18.9 Å². The topological polar surface area (TPSA) is 66.2 Å². The molecule has 0 saturated carbocycles. The maximum absolute atomic E-state index is 12.4. The van der Waals surface area contributed by atoms with Gasteiger partial charge in [-0.3, -0.25) is 4.90 Å². The normalized spacial score (nSPS) is 15.4. The van der Waals surface area contributed by atoms with Crippen molar-refractivity contribution in [2.75, 3.05) is 31.1 Å². The molecule has 1 aliphatic rings. The van der Waals surface area contributed by atoms with Crippen molar-refractivity contribution < 1.29 is 32.2 Å². The van der Waals surface area contributed by atoms with Crippen LogP contribution in [0.15, 0.2) is 46.9 Å². The number of fused-ring (bicyclic) bond motifs is 1. The van der Waals surface area contributed by atoms with E-state index in [4.69, 9.17) is 9.52 Å². The second-order valence-electron chi connectivity index (χ2n) is 7.50. The fourth-order valence-electron chi connectivity index (χ4n) is 3.93. The fraction of sp³-hybridized carbons (Fsp3) is 0.318. The van der Waals surface area contributed by atoms with Crippen molar-refractivity contribution in [2.45, 2.75) is 19.8 Å². The molecule has 0 aliphatic carbocycles. The van der Waals surface area contributed by atoms with E-state index in [0.29, 0.717) is 12.1 Å². The molecule has 4 rings (SSSR count). The molecule has 1 aliphatic heterocycles. The van der Waals surface area contributed by atoms with Gasteiger partial charge in [-0.2, -0.15) is 0 Å². The number of carboxylic acids is 1. The first-order valence-electron chi connectivity index (χ1n) is 9.78. The number of hydrogen-bond donors (Lipinski definition) is 1. The summed E-state index contributed by atoms with van der Waals surface area (Å²) >= 11 is 0. The van der Waals surface area contributed by atoms with Gasteiger partial charge in [0.05, 0.1) is 0 Å². The third kappa shape index (κ3) is 4.77. The molecular formula is C22H21F3N2O4. The van der Waals surface area contributed by atoms with Crippen LogP contribution in [0.25, 0.3) is 11.0 Å². The van der Waals surface area contributed by atoms with Crippen LogP contribution in [0.5, 0.6) is 5.75 Å². The number of anilines is 1. The van der Waals surface area contributed by atoms with Gasteiger partial charge in [0.15, 0.2) is 0 Å². The Hall–Kier alpha value is -3.20. The van der Waals surface area contributed by atoms with E-state index in [1.807, 2.05) is 13.0 Å². The number of halogens is 3. The number of furan rings is 1. The van der Waals surface area contributed by atoms with E-state index in [0.717, 1.165) is 48.4 Å². The van der Waals surface area contributed by atoms with Crippen LogP contribution in [0, 0.1) is 6.92 Å². The number of aromatic carboxylic acids is 1. The summed E-state index contributed by atoms with van der Waals surface area (Å²) in [4.78, 5) is 15.6. The Kier molecular flexibility index (Phi) is 5.53. The molecule has 0 bridgehead atoms. The van der Waals surface area contributed by atoms with E-state index in [1.54, 1.807) is 24.3 Å². The first-order chi connectivity index (χ1) is 14.7. The Balaban J connectivity index is 1.42. The molecule has 2 aromatic carbocycles. The van der Waals surface area contributed by atoms with E-state index >= 15 is 0 Å². The first-order valence-corrected chi connectivity index (χ1v) is 9.78. The van der Waals surface area contributed by atoms with Gasteiger partial charge >= 0.3 is 12.3 Å². The van der Waals surface area contributed by atoms with Crippen molar-refractivity contribution in [3.63, 3.8) is 0 Å². The number of rotatable bonds is 5. The summed E-state index contributed by atoms with van der Waals surface area (Å²) in [6.45, 7) is 5.45. The third-order valence-electron chi connectivity index (χ3n) is 5.40. The van der Waals surface area contributed by atoms with Gasteiger partial charge in [0.2, 0.25) is 5.76 Å². The standard InChI is InChI=1S/C22H21F3N2O4/c1-14-17-12-20(21(28)29)30-19(17)6-5-18(14)27-9-7-26(8-10-27)13-15-3-2-4-16(11-15)31-22(23,24)25/h2-6,11-12H,7-10,13H2,1H3,(H,28,29). The largest absolute Gasteiger partial charge is 0.573 e. The average molecular weight is 434 g/mol. The number of hydrogen-bond acceptors (Lipinski definition) is 5. The molecule has 6 nitrogen and oxygen atoms in total. The second-order valence-corrected chi connectivity index (χ2v) is 7.50. The Bertz CT molecular complexity index is 1100. The molecule has 1 fully saturated rings. The van der Waals surface area contributed by atoms with Crippen LogP contribution < -0.4 is 9.64 Å². The van der Waals surface area contributed by atoms with Crippen LogP contribution >= 0.6 is 0 Å². The van der Waals surface area contributed by atoms with Gasteiger partial charge in [-0.15, -0.1) is 13.2 Å². The molecule has 0 unspecified atom stereocenters. The van der Waals surface area contributed by atoms with E-state index in [1.165, 1.54) is 12.1 Å². The Morgan fingerprint density at radius 2 is 1.87 bits per heavy atom.